The van der Waals surface area contributed by atoms with Gasteiger partial charge in [-0.3, -0.25) is 18.9 Å². The number of ether oxygens (including phenoxy) is 2. The van der Waals surface area contributed by atoms with Crippen molar-refractivity contribution >= 4 is 16.6 Å². The normalized spacial score (nSPS) is 16.5. The first-order valence-corrected chi connectivity index (χ1v) is 12.7. The molecule has 2 heterocycles. The van der Waals surface area contributed by atoms with Gasteiger partial charge in [0.1, 0.15) is 5.78 Å². The third-order valence-corrected chi connectivity index (χ3v) is 8.61. The lowest BCUT2D eigenvalue weighted by molar-refractivity contribution is -0.120. The van der Waals surface area contributed by atoms with Gasteiger partial charge in [0.25, 0.3) is 0 Å². The van der Waals surface area contributed by atoms with Gasteiger partial charge in [-0.15, -0.1) is 10.8 Å². The van der Waals surface area contributed by atoms with Crippen molar-refractivity contribution in [2.45, 2.75) is 36.5 Å². The molecule has 0 unspecified atom stereocenters. The lowest BCUT2D eigenvalue weighted by Crippen LogP contribution is -2.23. The van der Waals surface area contributed by atoms with Crippen LogP contribution in [-0.2, 0) is 16.6 Å². The Kier molecular flexibility index (Phi) is 5.64. The van der Waals surface area contributed by atoms with Crippen LogP contribution in [0.4, 0.5) is 0 Å². The predicted octanol–water partition coefficient (Wildman–Crippen LogP) is 5.22. The van der Waals surface area contributed by atoms with Gasteiger partial charge in [-0.2, -0.15) is 0 Å². The fourth-order valence-corrected chi connectivity index (χ4v) is 5.35. The van der Waals surface area contributed by atoms with Gasteiger partial charge in [0.05, 0.1) is 10.3 Å². The zero-order valence-electron chi connectivity index (χ0n) is 19.4. The van der Waals surface area contributed by atoms with Crippen molar-refractivity contribution < 1.29 is 23.4 Å². The number of carbonyl (C=O) groups is 1. The monoisotopic (exact) mass is 480 g/mol. The molecule has 2 aromatic carbocycles. The van der Waals surface area contributed by atoms with Gasteiger partial charge in [0, 0.05) is 37.5 Å². The number of carbonyl (C=O) groups excluding carboxylic acids is 1. The summed E-state index contributed by atoms with van der Waals surface area (Å²) in [6.07, 6.45) is 1.94. The average molecular weight is 481 g/mol. The summed E-state index contributed by atoms with van der Waals surface area (Å²) >= 11 is 0. The highest BCUT2D eigenvalue weighted by Gasteiger charge is 2.51. The SMILES string of the molecule is Cc1nc(CC(=O)C2(c3ccc4c(c3)OCO4)CC2)ccc1-c1ccc(S(O)(O)N(C)C)cc1. The van der Waals surface area contributed by atoms with E-state index < -0.39 is 16.2 Å². The third kappa shape index (κ3) is 3.96. The molecule has 5 rings (SSSR count). The Morgan fingerprint density at radius 2 is 1.74 bits per heavy atom. The first-order valence-electron chi connectivity index (χ1n) is 11.2. The summed E-state index contributed by atoms with van der Waals surface area (Å²) in [5.41, 5.74) is 3.97. The topological polar surface area (TPSA) is 92.1 Å². The van der Waals surface area contributed by atoms with Gasteiger partial charge in [-0.25, -0.2) is 4.31 Å². The van der Waals surface area contributed by atoms with Gasteiger partial charge in [0.2, 0.25) is 6.79 Å². The van der Waals surface area contributed by atoms with Gasteiger partial charge < -0.3 is 9.47 Å². The van der Waals surface area contributed by atoms with E-state index in [1.54, 1.807) is 26.2 Å². The van der Waals surface area contributed by atoms with Crippen LogP contribution >= 0.6 is 10.8 Å². The molecule has 1 aliphatic carbocycles. The third-order valence-electron chi connectivity index (χ3n) is 6.68. The molecule has 2 N–H and O–H groups in total. The van der Waals surface area contributed by atoms with E-state index in [4.69, 9.17) is 14.5 Å². The van der Waals surface area contributed by atoms with Crippen molar-refractivity contribution in [1.29, 1.82) is 0 Å². The van der Waals surface area contributed by atoms with E-state index in [0.29, 0.717) is 10.6 Å². The Labute approximate surface area is 200 Å². The van der Waals surface area contributed by atoms with Crippen molar-refractivity contribution in [3.05, 3.63) is 71.5 Å². The first kappa shape index (κ1) is 22.9. The lowest BCUT2D eigenvalue weighted by Gasteiger charge is -2.38. The van der Waals surface area contributed by atoms with E-state index in [2.05, 4.69) is 0 Å². The minimum absolute atomic E-state index is 0.171. The Balaban J connectivity index is 1.33. The summed E-state index contributed by atoms with van der Waals surface area (Å²) in [6, 6.07) is 16.8. The summed E-state index contributed by atoms with van der Waals surface area (Å²) in [5.74, 6) is 1.59. The molecule has 1 aliphatic heterocycles. The van der Waals surface area contributed by atoms with Crippen LogP contribution in [0.1, 0.15) is 29.8 Å². The minimum atomic E-state index is -2.98. The largest absolute Gasteiger partial charge is 0.454 e. The number of aryl methyl sites for hydroxylation is 1. The molecule has 0 bridgehead atoms. The zero-order chi connectivity index (χ0) is 24.1. The van der Waals surface area contributed by atoms with E-state index in [1.807, 2.05) is 49.4 Å². The molecule has 0 saturated heterocycles. The van der Waals surface area contributed by atoms with Gasteiger partial charge in [-0.05, 0) is 61.2 Å². The second-order valence-electron chi connectivity index (χ2n) is 9.04. The maximum atomic E-state index is 13.3. The molecule has 3 aromatic rings. The number of rotatable bonds is 7. The van der Waals surface area contributed by atoms with Crippen molar-refractivity contribution in [3.8, 4) is 22.6 Å². The predicted molar refractivity (Wildman–Crippen MR) is 131 cm³/mol. The highest BCUT2D eigenvalue weighted by molar-refractivity contribution is 8.22. The van der Waals surface area contributed by atoms with E-state index in [-0.39, 0.29) is 19.0 Å². The van der Waals surface area contributed by atoms with Gasteiger partial charge in [-0.1, -0.05) is 24.3 Å². The number of benzene rings is 2. The minimum Gasteiger partial charge on any atom is -0.454 e. The Morgan fingerprint density at radius 1 is 1.03 bits per heavy atom. The fourth-order valence-electron chi connectivity index (χ4n) is 4.43. The van der Waals surface area contributed by atoms with Gasteiger partial charge >= 0.3 is 0 Å². The Hall–Kier alpha value is -2.91. The number of hydrogen-bond donors (Lipinski definition) is 2. The number of ketones is 1. The molecule has 1 aromatic heterocycles. The number of Topliss-reactive ketones (excluding diaryl/α,β-unsaturated/α-hetero) is 1. The second kappa shape index (κ2) is 8.39. The molecule has 0 amide bonds. The smallest absolute Gasteiger partial charge is 0.231 e. The van der Waals surface area contributed by atoms with Crippen molar-refractivity contribution in [1.82, 2.24) is 9.29 Å². The molecule has 0 spiro atoms. The average Bonchev–Trinajstić information content (AvgIpc) is 3.50. The van der Waals surface area contributed by atoms with Crippen molar-refractivity contribution in [3.63, 3.8) is 0 Å². The van der Waals surface area contributed by atoms with Crippen LogP contribution in [-0.4, -0.2) is 45.1 Å². The highest BCUT2D eigenvalue weighted by Crippen LogP contribution is 2.52. The quantitative estimate of drug-likeness (QED) is 0.479. The molecular weight excluding hydrogens is 452 g/mol. The number of aromatic nitrogens is 1. The molecule has 178 valence electrons. The van der Waals surface area contributed by atoms with E-state index >= 15 is 0 Å². The molecule has 34 heavy (non-hydrogen) atoms. The fraction of sp³-hybridized carbons (Fsp3) is 0.308. The maximum Gasteiger partial charge on any atom is 0.231 e. The molecular formula is C26H28N2O5S. The van der Waals surface area contributed by atoms with Crippen LogP contribution in [0.15, 0.2) is 59.5 Å². The second-order valence-corrected chi connectivity index (χ2v) is 11.3. The molecule has 1 saturated carbocycles. The maximum absolute atomic E-state index is 13.3. The number of fused-ring (bicyclic) bond motifs is 1. The first-order chi connectivity index (χ1) is 16.2. The summed E-state index contributed by atoms with van der Waals surface area (Å²) < 4.78 is 32.9. The lowest BCUT2D eigenvalue weighted by atomic mass is 9.88. The number of nitrogens with zero attached hydrogens (tertiary/aromatic N) is 2. The van der Waals surface area contributed by atoms with E-state index in [0.717, 1.165) is 46.7 Å². The summed E-state index contributed by atoms with van der Waals surface area (Å²) in [4.78, 5) is 18.5. The van der Waals surface area contributed by atoms with Crippen LogP contribution < -0.4 is 9.47 Å². The molecule has 0 radical (unpaired) electrons. The number of hydrogen-bond acceptors (Lipinski definition) is 7. The number of pyridine rings is 1. The summed E-state index contributed by atoms with van der Waals surface area (Å²) in [7, 11) is 0.294. The Morgan fingerprint density at radius 3 is 2.38 bits per heavy atom. The van der Waals surface area contributed by atoms with Crippen LogP contribution in [0, 0.1) is 6.92 Å². The molecule has 1 fully saturated rings. The van der Waals surface area contributed by atoms with Crippen molar-refractivity contribution in [2.24, 2.45) is 0 Å². The van der Waals surface area contributed by atoms with Crippen LogP contribution in [0.25, 0.3) is 11.1 Å². The zero-order valence-corrected chi connectivity index (χ0v) is 20.3. The molecule has 2 aliphatic rings. The van der Waals surface area contributed by atoms with Crippen LogP contribution in [0.3, 0.4) is 0 Å². The summed E-state index contributed by atoms with van der Waals surface area (Å²) in [6.45, 7) is 2.14. The molecule has 0 atom stereocenters. The van der Waals surface area contributed by atoms with E-state index in [1.165, 1.54) is 4.31 Å². The summed E-state index contributed by atoms with van der Waals surface area (Å²) in [5, 5.41) is 0. The molecule has 7 nitrogen and oxygen atoms in total. The Bertz CT molecular complexity index is 1250. The van der Waals surface area contributed by atoms with Crippen LogP contribution in [0.2, 0.25) is 0 Å². The van der Waals surface area contributed by atoms with Crippen LogP contribution in [0.5, 0.6) is 11.5 Å². The highest BCUT2D eigenvalue weighted by atomic mass is 32.3. The molecule has 8 heteroatoms. The van der Waals surface area contributed by atoms with Gasteiger partial charge in [0.15, 0.2) is 11.5 Å². The van der Waals surface area contributed by atoms with Crippen molar-refractivity contribution in [2.75, 3.05) is 20.9 Å². The van der Waals surface area contributed by atoms with E-state index in [9.17, 15) is 13.9 Å². The standard InChI is InChI=1S/C26H28N2O5S/c1-17-22(18-4-8-21(9-5-18)34(30,31)28(2)3)10-7-20(27-17)15-25(29)26(12-13-26)19-6-11-23-24(14-19)33-16-32-23/h4-11,14,30-31H,12-13,15-16H2,1-3H3.